The topological polar surface area (TPSA) is 354 Å². The molecule has 670 valence electrons. The van der Waals surface area contributed by atoms with Crippen LogP contribution in [-0.2, 0) is 82.4 Å². The Balaban J connectivity index is 0.000000961. The minimum atomic E-state index is -1.15. The largest absolute Gasteiger partial charge is 1.00 e. The molecule has 9 rings (SSSR count). The van der Waals surface area contributed by atoms with Crippen LogP contribution in [-0.4, -0.2) is 168 Å². The van der Waals surface area contributed by atoms with Gasteiger partial charge in [0.15, 0.2) is 0 Å². The van der Waals surface area contributed by atoms with Gasteiger partial charge in [-0.3, -0.25) is 19.6 Å². The molecular weight excluding hydrogens is 2030 g/mol. The number of carboxylic acid groups (broad SMARTS) is 1. The standard InChI is InChI=1S/C36H46N6O4S2.C35H44N6O5S2.C13H21N3O3S.2CH4.CH3.I2.HI.K/c1-5-32(41-35(44)42(4)21-30-23-47-34(39-30)25(2)3)33(43)38-28(18-26-12-8-6-9-13-26)16-17-29(19-27-14-10-7-11-15-27)40-36(45)46-22-31-20-37-24-48-31;1-24(2)33-38-29(22-47-33)19-41(3)34(44)40-31(20-42)32(43)37-27(16-25-10-6-4-7-11-25)14-15-28(17-26-12-8-5-9-13-26)39-35(45)46-21-30-18-36-23-48-30;1-5-10(12(17)18)15-13(19)16(4)6-9-7-20-11(14-9)8(2)3;;;;1-2;;/h6-15,20,23-25,28-29,32H,5,16-19,21-22H2,1-4H3,(H,38,43)(H,40,45)(H,41,44);4-13,18,22-24,27-28,31,42H,14-17,19-21H2,1-3H3,(H,37,43)(H,39,45)(H,40,44);7-8,10H,5-6H2,1-4H3,(H,15,19)(H,17,18);2*1H4;1H3;;1H;/q;;;;;-1;;;+1/t28-,29-,32+;27-,28-,31+;10-;;;;;;/m110....../s1. The number of nitrogens with one attached hydrogen (secondary N) is 7. The van der Waals surface area contributed by atoms with E-state index in [1.54, 1.807) is 90.4 Å². The molecule has 9 aromatic rings. The first-order valence-electron chi connectivity index (χ1n) is 39.0. The number of aliphatic hydroxyl groups is 1. The van der Waals surface area contributed by atoms with E-state index in [1.807, 2.05) is 144 Å². The number of nitrogens with zero attached hydrogens (tertiary/aromatic N) is 8. The Bertz CT molecular complexity index is 4180. The summed E-state index contributed by atoms with van der Waals surface area (Å²) in [5.41, 5.74) is 10.0. The first-order chi connectivity index (χ1) is 56.7. The Labute approximate surface area is 830 Å². The van der Waals surface area contributed by atoms with Crippen LogP contribution in [0.15, 0.2) is 161 Å². The minimum absolute atomic E-state index is 0. The summed E-state index contributed by atoms with van der Waals surface area (Å²) < 4.78 is 10.9. The maximum absolute atomic E-state index is 13.6. The smallest absolute Gasteiger partial charge is 0.480 e. The van der Waals surface area contributed by atoms with E-state index in [0.29, 0.717) is 95.1 Å². The number of hydrogen-bond acceptors (Lipinski definition) is 21. The van der Waals surface area contributed by atoms with Crippen molar-refractivity contribution in [2.45, 2.75) is 227 Å². The van der Waals surface area contributed by atoms with Gasteiger partial charge in [0.2, 0.25) is 11.8 Å². The van der Waals surface area contributed by atoms with Crippen LogP contribution in [0.1, 0.15) is 191 Å². The van der Waals surface area contributed by atoms with Crippen molar-refractivity contribution in [2.75, 3.05) is 27.7 Å². The average molecular weight is 2150 g/mol. The van der Waals surface area contributed by atoms with Crippen molar-refractivity contribution in [1.29, 1.82) is 0 Å². The molecule has 27 nitrogen and oxygen atoms in total. The van der Waals surface area contributed by atoms with Crippen LogP contribution in [0.3, 0.4) is 0 Å². The number of ether oxygens (including phenoxy) is 2. The third kappa shape index (κ3) is 43.8. The zero-order chi connectivity index (χ0) is 85.9. The number of hydrogen-bond donors (Lipinski definition) is 9. The quantitative estimate of drug-likeness (QED) is 0.00978. The van der Waals surface area contributed by atoms with E-state index >= 15 is 0 Å². The molecule has 5 aromatic heterocycles. The zero-order valence-electron chi connectivity index (χ0n) is 70.9. The molecule has 0 fully saturated rings. The monoisotopic (exact) mass is 2150 g/mol. The summed E-state index contributed by atoms with van der Waals surface area (Å²) in [4.78, 5) is 129. The number of carboxylic acids is 1. The first kappa shape index (κ1) is 115. The van der Waals surface area contributed by atoms with Crippen molar-refractivity contribution in [3.63, 3.8) is 0 Å². The number of aromatic nitrogens is 5. The van der Waals surface area contributed by atoms with Gasteiger partial charge in [-0.2, -0.15) is 0 Å². The summed E-state index contributed by atoms with van der Waals surface area (Å²) in [6, 6.07) is 34.5. The van der Waals surface area contributed by atoms with Crippen LogP contribution < -0.4 is 88.6 Å². The molecule has 0 saturated carbocycles. The van der Waals surface area contributed by atoms with Gasteiger partial charge in [-0.05, 0) is 86.5 Å². The van der Waals surface area contributed by atoms with Gasteiger partial charge >= 0.3 is 87.6 Å². The summed E-state index contributed by atoms with van der Waals surface area (Å²) in [5, 5.41) is 48.3. The SMILES string of the molecule is C.C.CC(C)c1nc(CN(C)C(=O)N[C@@H](CO)C(=O)N[C@H](CC[C@H](Cc2ccccc2)NC(=O)OCc2cncs2)Cc2ccccc2)cs1.CC[C@H](NC(=O)N(C)Cc1csc(C(C)C)n1)C(=O)N[C@H](CC[C@H](Cc1ccccc1)NC(=O)OCc1cncs1)Cc1ccccc1.CC[C@H](NC(=O)N(C)Cc1csc(C(C)C)n1)C(=O)O.I.II.[CH3-].[K+]. The second kappa shape index (κ2) is 63.5. The fourth-order valence-corrected chi connectivity index (χ4v) is 15.3. The van der Waals surface area contributed by atoms with Gasteiger partial charge in [0.25, 0.3) is 0 Å². The second-order valence-corrected chi connectivity index (χ2v) is 33.6. The van der Waals surface area contributed by atoms with E-state index < -0.39 is 60.9 Å². The summed E-state index contributed by atoms with van der Waals surface area (Å²) in [5.74, 6) is -0.775. The van der Waals surface area contributed by atoms with Gasteiger partial charge in [-0.1, -0.05) is 192 Å². The third-order valence-corrected chi connectivity index (χ3v) is 23.4. The van der Waals surface area contributed by atoms with Crippen LogP contribution in [0.5, 0.6) is 0 Å². The summed E-state index contributed by atoms with van der Waals surface area (Å²) in [6.45, 7) is 16.8. The molecule has 36 heteroatoms. The molecule has 0 aliphatic rings. The Hall–Kier alpha value is -6.42. The van der Waals surface area contributed by atoms with Crippen molar-refractivity contribution in [1.82, 2.24) is 76.8 Å². The first-order valence-corrected chi connectivity index (χ1v) is 49.7. The number of aliphatic carboxylic acids is 1. The fraction of sp³-hybridized carbons (Fsp3) is 0.448. The third-order valence-electron chi connectivity index (χ3n) is 18.3. The minimum Gasteiger partial charge on any atom is -0.480 e. The molecule has 7 atom stereocenters. The number of rotatable bonds is 40. The molecule has 10 amide bonds. The Kier molecular flexibility index (Phi) is 59.2. The molecule has 9 N–H and O–H groups in total. The Morgan fingerprint density at radius 2 is 0.707 bits per heavy atom. The van der Waals surface area contributed by atoms with Crippen LogP contribution >= 0.6 is 118 Å². The number of urea groups is 3. The molecule has 5 heterocycles. The van der Waals surface area contributed by atoms with Crippen molar-refractivity contribution in [3.8, 4) is 0 Å². The van der Waals surface area contributed by atoms with E-state index in [0.717, 1.165) is 64.1 Å². The van der Waals surface area contributed by atoms with Gasteiger partial charge in [0, 0.05) is 129 Å². The molecule has 0 aliphatic carbocycles. The van der Waals surface area contributed by atoms with E-state index in [9.17, 15) is 43.5 Å². The Morgan fingerprint density at radius 1 is 0.431 bits per heavy atom. The number of carbonyl (C=O) groups excluding carboxylic acids is 7. The normalized spacial score (nSPS) is 12.1. The van der Waals surface area contributed by atoms with E-state index in [4.69, 9.17) is 14.6 Å². The van der Waals surface area contributed by atoms with Crippen molar-refractivity contribution in [3.05, 3.63) is 232 Å². The van der Waals surface area contributed by atoms with Gasteiger partial charge in [0.1, 0.15) is 31.3 Å². The van der Waals surface area contributed by atoms with Crippen LogP contribution in [0.2, 0.25) is 0 Å². The van der Waals surface area contributed by atoms with Crippen LogP contribution in [0, 0.1) is 7.43 Å². The van der Waals surface area contributed by atoms with Gasteiger partial charge in [-0.25, -0.2) is 43.7 Å². The predicted octanol–water partition coefficient (Wildman–Crippen LogP) is 15.3. The summed E-state index contributed by atoms with van der Waals surface area (Å²) >= 11 is 11.8. The van der Waals surface area contributed by atoms with Crippen molar-refractivity contribution < 1.29 is 109 Å². The molecule has 123 heavy (non-hydrogen) atoms. The van der Waals surface area contributed by atoms with E-state index in [-0.39, 0.29) is 154 Å². The van der Waals surface area contributed by atoms with Crippen LogP contribution in [0.4, 0.5) is 24.0 Å². The molecule has 0 bridgehead atoms. The summed E-state index contributed by atoms with van der Waals surface area (Å²) in [7, 11) is 4.95. The summed E-state index contributed by atoms with van der Waals surface area (Å²) in [6.07, 6.45) is 7.66. The molecule has 0 aliphatic heterocycles. The number of alkyl carbamates (subject to hydrolysis) is 2. The maximum atomic E-state index is 13.6. The van der Waals surface area contributed by atoms with E-state index in [1.165, 1.54) is 32.5 Å². The zero-order valence-corrected chi connectivity index (χ0v) is 84.8. The Morgan fingerprint density at radius 3 is 0.959 bits per heavy atom. The number of carbonyl (C=O) groups is 8. The molecule has 0 saturated heterocycles. The number of halogens is 3. The maximum Gasteiger partial charge on any atom is 1.00 e. The number of aliphatic hydroxyl groups excluding tert-OH is 1. The molecule has 4 aromatic carbocycles. The molecular formula is C87H123I3KN15O12S5. The predicted molar refractivity (Wildman–Crippen MR) is 520 cm³/mol. The van der Waals surface area contributed by atoms with Gasteiger partial charge in [-0.15, -0.1) is 80.7 Å². The average Bonchev–Trinajstić information content (AvgIpc) is 1.64. The second-order valence-electron chi connectivity index (χ2n) is 29.0. The van der Waals surface area contributed by atoms with Crippen molar-refractivity contribution in [2.24, 2.45) is 0 Å². The molecule has 0 spiro atoms. The van der Waals surface area contributed by atoms with Gasteiger partial charge in [0.05, 0.1) is 79.1 Å². The fourth-order valence-electron chi connectivity index (χ4n) is 11.8. The number of benzene rings is 4. The van der Waals surface area contributed by atoms with E-state index in [2.05, 4.69) is 141 Å². The number of thiazole rings is 5. The van der Waals surface area contributed by atoms with Crippen LogP contribution in [0.25, 0.3) is 0 Å². The van der Waals surface area contributed by atoms with Gasteiger partial charge < -0.3 is 79.0 Å². The number of amides is 10. The van der Waals surface area contributed by atoms with Crippen molar-refractivity contribution >= 4 is 166 Å². The molecule has 0 unspecified atom stereocenters. The molecule has 0 radical (unpaired) electrons.